The van der Waals surface area contributed by atoms with Crippen molar-refractivity contribution in [3.05, 3.63) is 0 Å². The topological polar surface area (TPSA) is 75.8 Å². The maximum atomic E-state index is 11.8. The summed E-state index contributed by atoms with van der Waals surface area (Å²) in [5.74, 6) is 0.456. The molecule has 7 heteroatoms. The molecular formula is C11H26IN3O2S. The van der Waals surface area contributed by atoms with Crippen LogP contribution in [0.15, 0.2) is 4.99 Å². The lowest BCUT2D eigenvalue weighted by atomic mass is 10.3. The van der Waals surface area contributed by atoms with E-state index in [0.717, 1.165) is 13.1 Å². The Morgan fingerprint density at radius 2 is 1.67 bits per heavy atom. The van der Waals surface area contributed by atoms with Crippen LogP contribution in [0, 0.1) is 0 Å². The number of hydrogen-bond acceptors (Lipinski definition) is 3. The number of rotatable bonds is 5. The molecule has 0 spiro atoms. The Hall–Kier alpha value is -0.0500. The van der Waals surface area contributed by atoms with Gasteiger partial charge in [0.2, 0.25) is 0 Å². The molecule has 0 rings (SSSR count). The molecule has 0 heterocycles. The molecule has 0 fully saturated rings. The molecule has 0 aliphatic carbocycles. The van der Waals surface area contributed by atoms with Crippen molar-refractivity contribution < 1.29 is 8.42 Å². The van der Waals surface area contributed by atoms with Crippen LogP contribution in [0.5, 0.6) is 0 Å². The number of guanidine groups is 1. The number of hydrogen-bond donors (Lipinski definition) is 1. The molecule has 0 unspecified atom stereocenters. The molecule has 0 amide bonds. The number of aliphatic imine (C=N–C) groups is 1. The smallest absolute Gasteiger partial charge is 0.191 e. The molecule has 0 aromatic carbocycles. The average Bonchev–Trinajstić information content (AvgIpc) is 2.17. The Kier molecular flexibility index (Phi) is 9.22. The normalized spacial score (nSPS) is 13.1. The lowest BCUT2D eigenvalue weighted by Gasteiger charge is -2.20. The lowest BCUT2D eigenvalue weighted by molar-refractivity contribution is 0.458. The number of nitrogens with zero attached hydrogens (tertiary/aromatic N) is 2. The van der Waals surface area contributed by atoms with E-state index in [1.54, 1.807) is 20.8 Å². The fraction of sp³-hybridized carbons (Fsp3) is 0.909. The van der Waals surface area contributed by atoms with Gasteiger partial charge in [-0.1, -0.05) is 0 Å². The lowest BCUT2D eigenvalue weighted by Crippen LogP contribution is -2.38. The van der Waals surface area contributed by atoms with Crippen LogP contribution in [0.3, 0.4) is 0 Å². The molecule has 2 N–H and O–H groups in total. The Bertz CT molecular complexity index is 357. The molecule has 0 radical (unpaired) electrons. The van der Waals surface area contributed by atoms with E-state index in [4.69, 9.17) is 5.73 Å². The first-order valence-corrected chi connectivity index (χ1v) is 7.58. The third kappa shape index (κ3) is 6.21. The van der Waals surface area contributed by atoms with Gasteiger partial charge in [-0.05, 0) is 34.6 Å². The van der Waals surface area contributed by atoms with Gasteiger partial charge in [0.25, 0.3) is 0 Å². The molecule has 0 saturated carbocycles. The van der Waals surface area contributed by atoms with Crippen LogP contribution in [-0.2, 0) is 9.84 Å². The van der Waals surface area contributed by atoms with Crippen LogP contribution in [0.2, 0.25) is 0 Å². The molecule has 0 aromatic heterocycles. The highest BCUT2D eigenvalue weighted by atomic mass is 127. The molecule has 110 valence electrons. The fourth-order valence-corrected chi connectivity index (χ4v) is 2.18. The van der Waals surface area contributed by atoms with Crippen LogP contribution < -0.4 is 5.73 Å². The summed E-state index contributed by atoms with van der Waals surface area (Å²) >= 11 is 0. The van der Waals surface area contributed by atoms with Crippen LogP contribution >= 0.6 is 24.0 Å². The van der Waals surface area contributed by atoms with Gasteiger partial charge >= 0.3 is 0 Å². The zero-order valence-corrected chi connectivity index (χ0v) is 15.1. The molecule has 0 atom stereocenters. The minimum absolute atomic E-state index is 0. The van der Waals surface area contributed by atoms with Gasteiger partial charge in [0.05, 0.1) is 17.0 Å². The van der Waals surface area contributed by atoms with Crippen molar-refractivity contribution in [2.24, 2.45) is 10.7 Å². The van der Waals surface area contributed by atoms with Crippen molar-refractivity contribution in [3.8, 4) is 0 Å². The number of halogens is 1. The van der Waals surface area contributed by atoms with E-state index in [1.165, 1.54) is 0 Å². The summed E-state index contributed by atoms with van der Waals surface area (Å²) in [6.45, 7) is 10.8. The highest BCUT2D eigenvalue weighted by molar-refractivity contribution is 14.0. The predicted molar refractivity (Wildman–Crippen MR) is 88.4 cm³/mol. The van der Waals surface area contributed by atoms with Crippen molar-refractivity contribution >= 4 is 39.8 Å². The van der Waals surface area contributed by atoms with Gasteiger partial charge in [-0.25, -0.2) is 8.42 Å². The standard InChI is InChI=1S/C11H25N3O2S.HI/c1-6-14(7-2)10(12)13-8-9-17(15,16)11(3,4)5;/h6-9H2,1-5H3,(H2,12,13);1H. The molecule has 0 aliphatic heterocycles. The largest absolute Gasteiger partial charge is 0.370 e. The van der Waals surface area contributed by atoms with Crippen LogP contribution in [0.4, 0.5) is 0 Å². The van der Waals surface area contributed by atoms with E-state index in [-0.39, 0.29) is 36.3 Å². The third-order valence-corrected chi connectivity index (χ3v) is 5.24. The number of nitrogens with two attached hydrogens (primary N) is 1. The Morgan fingerprint density at radius 3 is 2.00 bits per heavy atom. The first kappa shape index (κ1) is 20.3. The molecule has 18 heavy (non-hydrogen) atoms. The van der Waals surface area contributed by atoms with E-state index in [0.29, 0.717) is 5.96 Å². The van der Waals surface area contributed by atoms with Gasteiger partial charge in [-0.15, -0.1) is 24.0 Å². The van der Waals surface area contributed by atoms with Crippen molar-refractivity contribution in [3.63, 3.8) is 0 Å². The SMILES string of the molecule is CCN(CC)C(N)=NCCS(=O)(=O)C(C)(C)C.I. The second-order valence-corrected chi connectivity index (χ2v) is 7.71. The first-order chi connectivity index (χ1) is 7.65. The molecule has 0 aromatic rings. The molecule has 0 saturated heterocycles. The summed E-state index contributed by atoms with van der Waals surface area (Å²) < 4.78 is 22.9. The Morgan fingerprint density at radius 1 is 1.22 bits per heavy atom. The minimum atomic E-state index is -3.11. The van der Waals surface area contributed by atoms with Crippen molar-refractivity contribution in [2.45, 2.75) is 39.4 Å². The number of sulfone groups is 1. The molecule has 0 aliphatic rings. The van der Waals surface area contributed by atoms with Crippen molar-refractivity contribution in [1.82, 2.24) is 4.90 Å². The summed E-state index contributed by atoms with van der Waals surface area (Å²) in [7, 11) is -3.11. The van der Waals surface area contributed by atoms with Gasteiger partial charge in [-0.2, -0.15) is 0 Å². The highest BCUT2D eigenvalue weighted by Gasteiger charge is 2.28. The van der Waals surface area contributed by atoms with E-state index >= 15 is 0 Å². The first-order valence-electron chi connectivity index (χ1n) is 5.92. The molecule has 0 bridgehead atoms. The maximum Gasteiger partial charge on any atom is 0.191 e. The second-order valence-electron chi connectivity index (χ2n) is 4.84. The predicted octanol–water partition coefficient (Wildman–Crippen LogP) is 1.47. The monoisotopic (exact) mass is 391 g/mol. The summed E-state index contributed by atoms with van der Waals surface area (Å²) in [5.41, 5.74) is 5.76. The average molecular weight is 391 g/mol. The highest BCUT2D eigenvalue weighted by Crippen LogP contribution is 2.15. The minimum Gasteiger partial charge on any atom is -0.370 e. The zero-order valence-electron chi connectivity index (χ0n) is 11.9. The van der Waals surface area contributed by atoms with E-state index in [1.807, 2.05) is 18.7 Å². The van der Waals surface area contributed by atoms with Crippen LogP contribution in [-0.4, -0.2) is 49.4 Å². The summed E-state index contributed by atoms with van der Waals surface area (Å²) in [6, 6.07) is 0. The van der Waals surface area contributed by atoms with Gasteiger partial charge in [0, 0.05) is 13.1 Å². The van der Waals surface area contributed by atoms with Crippen molar-refractivity contribution in [2.75, 3.05) is 25.4 Å². The van der Waals surface area contributed by atoms with E-state index < -0.39 is 14.6 Å². The van der Waals surface area contributed by atoms with Crippen LogP contribution in [0.1, 0.15) is 34.6 Å². The van der Waals surface area contributed by atoms with E-state index in [2.05, 4.69) is 4.99 Å². The van der Waals surface area contributed by atoms with Gasteiger partial charge in [-0.3, -0.25) is 4.99 Å². The van der Waals surface area contributed by atoms with E-state index in [9.17, 15) is 8.42 Å². The third-order valence-electron chi connectivity index (χ3n) is 2.65. The molecule has 5 nitrogen and oxygen atoms in total. The quantitative estimate of drug-likeness (QED) is 0.438. The van der Waals surface area contributed by atoms with Gasteiger partial charge < -0.3 is 10.6 Å². The Balaban J connectivity index is 0. The Labute approximate surface area is 128 Å². The summed E-state index contributed by atoms with van der Waals surface area (Å²) in [4.78, 5) is 6.00. The maximum absolute atomic E-state index is 11.8. The van der Waals surface area contributed by atoms with Crippen molar-refractivity contribution in [1.29, 1.82) is 0 Å². The second kappa shape index (κ2) is 8.19. The van der Waals surface area contributed by atoms with Gasteiger partial charge in [0.15, 0.2) is 15.8 Å². The zero-order chi connectivity index (χ0) is 13.7. The molecular weight excluding hydrogens is 365 g/mol. The summed E-state index contributed by atoms with van der Waals surface area (Å²) in [6.07, 6.45) is 0. The van der Waals surface area contributed by atoms with Gasteiger partial charge in [0.1, 0.15) is 0 Å². The fourth-order valence-electron chi connectivity index (χ4n) is 1.23. The van der Waals surface area contributed by atoms with Crippen LogP contribution in [0.25, 0.3) is 0 Å². The summed E-state index contributed by atoms with van der Waals surface area (Å²) in [5, 5.41) is 0.